The fourth-order valence-corrected chi connectivity index (χ4v) is 6.26. The first-order chi connectivity index (χ1) is 17.7. The summed E-state index contributed by atoms with van der Waals surface area (Å²) in [6, 6.07) is 14.2. The van der Waals surface area contributed by atoms with Gasteiger partial charge in [-0.25, -0.2) is 9.59 Å². The van der Waals surface area contributed by atoms with Gasteiger partial charge in [0.15, 0.2) is 0 Å². The molecule has 0 saturated heterocycles. The maximum Gasteiger partial charge on any atom is 0.349 e. The van der Waals surface area contributed by atoms with Crippen LogP contribution in [0, 0.1) is 12.8 Å². The van der Waals surface area contributed by atoms with Crippen LogP contribution >= 0.6 is 7.60 Å². The Balaban J connectivity index is 1.91. The summed E-state index contributed by atoms with van der Waals surface area (Å²) in [5.41, 5.74) is 3.99. The molecule has 1 heterocycles. The molecular formula is C28H39N2O6P. The van der Waals surface area contributed by atoms with Crippen molar-refractivity contribution < 1.29 is 27.9 Å². The molecule has 0 bridgehead atoms. The molecule has 2 aromatic rings. The number of urea groups is 1. The third-order valence-electron chi connectivity index (χ3n) is 6.21. The van der Waals surface area contributed by atoms with Gasteiger partial charge < -0.3 is 23.6 Å². The van der Waals surface area contributed by atoms with E-state index in [0.29, 0.717) is 13.0 Å². The summed E-state index contributed by atoms with van der Waals surface area (Å²) in [6.07, 6.45) is 0.167. The molecule has 202 valence electrons. The SMILES string of the molecule is CCOP(=O)(CN(CC(C)C)C(=O)N1Cc2cccc(C)c2CC1C(=O)OCc1ccccc1)OCC. The summed E-state index contributed by atoms with van der Waals surface area (Å²) in [5.74, 6) is -0.364. The van der Waals surface area contributed by atoms with Gasteiger partial charge in [0.05, 0.1) is 13.2 Å². The number of hydrogen-bond donors (Lipinski definition) is 0. The van der Waals surface area contributed by atoms with Crippen molar-refractivity contribution in [3.63, 3.8) is 0 Å². The van der Waals surface area contributed by atoms with Gasteiger partial charge in [0.1, 0.15) is 18.9 Å². The molecule has 0 aromatic heterocycles. The topological polar surface area (TPSA) is 85.4 Å². The first-order valence-corrected chi connectivity index (χ1v) is 14.6. The van der Waals surface area contributed by atoms with Crippen LogP contribution in [0.25, 0.3) is 0 Å². The monoisotopic (exact) mass is 530 g/mol. The number of amides is 2. The molecule has 1 aliphatic heterocycles. The van der Waals surface area contributed by atoms with Crippen molar-refractivity contribution >= 4 is 19.6 Å². The highest BCUT2D eigenvalue weighted by molar-refractivity contribution is 7.53. The lowest BCUT2D eigenvalue weighted by atomic mass is 9.90. The van der Waals surface area contributed by atoms with E-state index in [1.807, 2.05) is 69.3 Å². The van der Waals surface area contributed by atoms with Gasteiger partial charge in [-0.3, -0.25) is 4.57 Å². The van der Waals surface area contributed by atoms with Gasteiger partial charge in [0.2, 0.25) is 0 Å². The molecule has 37 heavy (non-hydrogen) atoms. The molecule has 1 unspecified atom stereocenters. The number of esters is 1. The third-order valence-corrected chi connectivity index (χ3v) is 8.21. The Labute approximate surface area is 220 Å². The van der Waals surface area contributed by atoms with E-state index >= 15 is 0 Å². The van der Waals surface area contributed by atoms with E-state index in [-0.39, 0.29) is 44.6 Å². The quantitative estimate of drug-likeness (QED) is 0.271. The van der Waals surface area contributed by atoms with Crippen LogP contribution in [-0.4, -0.2) is 53.9 Å². The number of hydrogen-bond acceptors (Lipinski definition) is 6. The highest BCUT2D eigenvalue weighted by atomic mass is 31.2. The average Bonchev–Trinajstić information content (AvgIpc) is 2.86. The molecule has 2 aromatic carbocycles. The van der Waals surface area contributed by atoms with Crippen LogP contribution in [0.5, 0.6) is 0 Å². The summed E-state index contributed by atoms with van der Waals surface area (Å²) >= 11 is 0. The zero-order valence-corrected chi connectivity index (χ0v) is 23.4. The van der Waals surface area contributed by atoms with Gasteiger partial charge in [0.25, 0.3) is 0 Å². The summed E-state index contributed by atoms with van der Waals surface area (Å²) in [5, 5.41) is 0. The molecule has 0 N–H and O–H groups in total. The second-order valence-corrected chi connectivity index (χ2v) is 11.7. The zero-order chi connectivity index (χ0) is 27.0. The van der Waals surface area contributed by atoms with Crippen molar-refractivity contribution in [1.29, 1.82) is 0 Å². The maximum absolute atomic E-state index is 14.0. The molecule has 0 radical (unpaired) electrons. The second kappa shape index (κ2) is 13.2. The van der Waals surface area contributed by atoms with Crippen LogP contribution < -0.4 is 0 Å². The van der Waals surface area contributed by atoms with Gasteiger partial charge in [-0.2, -0.15) is 0 Å². The summed E-state index contributed by atoms with van der Waals surface area (Å²) < 4.78 is 30.0. The van der Waals surface area contributed by atoms with Gasteiger partial charge in [-0.15, -0.1) is 0 Å². The predicted molar refractivity (Wildman–Crippen MR) is 143 cm³/mol. The first-order valence-electron chi connectivity index (χ1n) is 12.9. The van der Waals surface area contributed by atoms with Crippen molar-refractivity contribution in [1.82, 2.24) is 9.80 Å². The Morgan fingerprint density at radius 3 is 2.35 bits per heavy atom. The van der Waals surface area contributed by atoms with Gasteiger partial charge in [0, 0.05) is 19.5 Å². The minimum Gasteiger partial charge on any atom is -0.459 e. The highest BCUT2D eigenvalue weighted by Gasteiger charge is 2.40. The minimum absolute atomic E-state index is 0.100. The Kier molecular flexibility index (Phi) is 10.3. The molecule has 9 heteroatoms. The van der Waals surface area contributed by atoms with E-state index in [4.69, 9.17) is 13.8 Å². The second-order valence-electron chi connectivity index (χ2n) is 9.64. The number of fused-ring (bicyclic) bond motifs is 1. The van der Waals surface area contributed by atoms with Crippen molar-refractivity contribution in [2.24, 2.45) is 5.92 Å². The van der Waals surface area contributed by atoms with Crippen LogP contribution in [0.15, 0.2) is 48.5 Å². The van der Waals surface area contributed by atoms with E-state index in [1.54, 1.807) is 18.7 Å². The number of nitrogens with zero attached hydrogens (tertiary/aromatic N) is 2. The fraction of sp³-hybridized carbons (Fsp3) is 0.500. The number of aryl methyl sites for hydroxylation is 1. The van der Waals surface area contributed by atoms with Gasteiger partial charge >= 0.3 is 19.6 Å². The standard InChI is InChI=1S/C28H39N2O6P/c1-6-35-37(33,36-7-2)20-29(17-21(3)4)28(32)30-18-24-15-11-12-22(5)25(24)16-26(30)27(31)34-19-23-13-9-8-10-14-23/h8-15,21,26H,6-7,16-20H2,1-5H3. The number of ether oxygens (including phenoxy) is 1. The zero-order valence-electron chi connectivity index (χ0n) is 22.5. The molecule has 0 saturated carbocycles. The molecule has 0 spiro atoms. The molecule has 3 rings (SSSR count). The highest BCUT2D eigenvalue weighted by Crippen LogP contribution is 2.49. The van der Waals surface area contributed by atoms with Crippen molar-refractivity contribution in [3.05, 3.63) is 70.8 Å². The lowest BCUT2D eigenvalue weighted by molar-refractivity contribution is -0.151. The van der Waals surface area contributed by atoms with Crippen LogP contribution in [0.4, 0.5) is 4.79 Å². The van der Waals surface area contributed by atoms with E-state index in [9.17, 15) is 14.2 Å². The maximum atomic E-state index is 14.0. The van der Waals surface area contributed by atoms with E-state index in [1.165, 1.54) is 4.90 Å². The smallest absolute Gasteiger partial charge is 0.349 e. The normalized spacial score (nSPS) is 15.4. The molecular weight excluding hydrogens is 491 g/mol. The predicted octanol–water partition coefficient (Wildman–Crippen LogP) is 5.77. The van der Waals surface area contributed by atoms with Crippen LogP contribution in [0.2, 0.25) is 0 Å². The first kappa shape index (κ1) is 28.9. The Morgan fingerprint density at radius 1 is 1.05 bits per heavy atom. The Bertz CT molecular complexity index is 1100. The number of carbonyl (C=O) groups excluding carboxylic acids is 2. The molecule has 0 fully saturated rings. The van der Waals surface area contributed by atoms with E-state index < -0.39 is 19.6 Å². The van der Waals surface area contributed by atoms with E-state index in [0.717, 1.165) is 22.3 Å². The molecule has 2 amide bonds. The molecule has 0 aliphatic carbocycles. The number of carbonyl (C=O) groups is 2. The Hall–Kier alpha value is -2.67. The molecule has 1 atom stereocenters. The van der Waals surface area contributed by atoms with Crippen molar-refractivity contribution in [3.8, 4) is 0 Å². The van der Waals surface area contributed by atoms with E-state index in [2.05, 4.69) is 0 Å². The minimum atomic E-state index is -3.54. The number of benzene rings is 2. The van der Waals surface area contributed by atoms with Crippen LogP contribution in [0.1, 0.15) is 49.9 Å². The molecule has 8 nitrogen and oxygen atoms in total. The summed E-state index contributed by atoms with van der Waals surface area (Å²) in [6.45, 7) is 10.6. The summed E-state index contributed by atoms with van der Waals surface area (Å²) in [4.78, 5) is 30.5. The van der Waals surface area contributed by atoms with Gasteiger partial charge in [-0.1, -0.05) is 62.4 Å². The van der Waals surface area contributed by atoms with Crippen molar-refractivity contribution in [2.45, 2.75) is 60.2 Å². The lowest BCUT2D eigenvalue weighted by Gasteiger charge is -2.40. The average molecular weight is 531 g/mol. The number of rotatable bonds is 11. The van der Waals surface area contributed by atoms with Crippen LogP contribution in [-0.2, 0) is 42.7 Å². The van der Waals surface area contributed by atoms with Gasteiger partial charge in [-0.05, 0) is 48.9 Å². The third kappa shape index (κ3) is 7.67. The molecule has 1 aliphatic rings. The van der Waals surface area contributed by atoms with Crippen molar-refractivity contribution in [2.75, 3.05) is 26.0 Å². The Morgan fingerprint density at radius 2 is 1.73 bits per heavy atom. The van der Waals surface area contributed by atoms with Crippen LogP contribution in [0.3, 0.4) is 0 Å². The largest absolute Gasteiger partial charge is 0.459 e. The summed E-state index contributed by atoms with van der Waals surface area (Å²) in [7, 11) is -3.54. The lowest BCUT2D eigenvalue weighted by Crippen LogP contribution is -2.54. The fourth-order valence-electron chi connectivity index (χ4n) is 4.58.